The molecule has 0 radical (unpaired) electrons. The number of carbonyl (C=O) groups excluding carboxylic acids is 1. The van der Waals surface area contributed by atoms with Crippen LogP contribution in [0.4, 0.5) is 0 Å². The number of hydrogen-bond donors (Lipinski definition) is 0. The van der Waals surface area contributed by atoms with Crippen molar-refractivity contribution in [3.8, 4) is 0 Å². The van der Waals surface area contributed by atoms with Crippen molar-refractivity contribution in [2.24, 2.45) is 0 Å². The first-order valence-corrected chi connectivity index (χ1v) is 6.72. The molecular weight excluding hydrogens is 248 g/mol. The summed E-state index contributed by atoms with van der Waals surface area (Å²) in [5.41, 5.74) is 0. The standard InChI is InChI=1S/C14H10.C4H8O2/c1-3-7-13-11(5-1)9-10-12-6-2-4-8-14(12)13;1-3-6-4(2)5/h1-10H;3H2,1-2H3. The Balaban J connectivity index is 0.000000212. The Morgan fingerprint density at radius 2 is 1.30 bits per heavy atom. The SMILES string of the molecule is CCOC(C)=O.c1ccc2c(c1)ccc1ccccc12. The minimum Gasteiger partial charge on any atom is -0.466 e. The van der Waals surface area contributed by atoms with Gasteiger partial charge in [-0.25, -0.2) is 0 Å². The molecule has 0 saturated heterocycles. The van der Waals surface area contributed by atoms with Crippen LogP contribution in [0.5, 0.6) is 0 Å². The fraction of sp³-hybridized carbons (Fsp3) is 0.167. The Labute approximate surface area is 119 Å². The molecule has 0 aliphatic carbocycles. The molecular formula is C18H18O2. The molecule has 2 heteroatoms. The number of carbonyl (C=O) groups is 1. The van der Waals surface area contributed by atoms with Crippen LogP contribution in [0.25, 0.3) is 21.5 Å². The molecule has 0 saturated carbocycles. The molecule has 0 aliphatic rings. The van der Waals surface area contributed by atoms with Crippen molar-refractivity contribution < 1.29 is 9.53 Å². The molecule has 0 aliphatic heterocycles. The van der Waals surface area contributed by atoms with Crippen LogP contribution < -0.4 is 0 Å². The molecule has 0 unspecified atom stereocenters. The summed E-state index contributed by atoms with van der Waals surface area (Å²) in [6, 6.07) is 21.4. The first-order valence-electron chi connectivity index (χ1n) is 6.72. The highest BCUT2D eigenvalue weighted by Gasteiger charge is 1.97. The second-order valence-electron chi connectivity index (χ2n) is 4.43. The lowest BCUT2D eigenvalue weighted by atomic mass is 10.0. The second-order valence-corrected chi connectivity index (χ2v) is 4.43. The maximum Gasteiger partial charge on any atom is 0.302 e. The maximum atomic E-state index is 9.82. The second kappa shape index (κ2) is 6.71. The number of benzene rings is 3. The molecule has 20 heavy (non-hydrogen) atoms. The van der Waals surface area contributed by atoms with Gasteiger partial charge in [0.1, 0.15) is 0 Å². The van der Waals surface area contributed by atoms with Crippen molar-refractivity contribution in [2.45, 2.75) is 13.8 Å². The highest BCUT2D eigenvalue weighted by Crippen LogP contribution is 2.24. The lowest BCUT2D eigenvalue weighted by Crippen LogP contribution is -1.95. The van der Waals surface area contributed by atoms with Gasteiger partial charge in [-0.1, -0.05) is 60.7 Å². The molecule has 3 aromatic rings. The molecule has 0 amide bonds. The molecule has 3 aromatic carbocycles. The van der Waals surface area contributed by atoms with Gasteiger partial charge in [-0.05, 0) is 28.5 Å². The van der Waals surface area contributed by atoms with Crippen LogP contribution in [0, 0.1) is 0 Å². The van der Waals surface area contributed by atoms with E-state index in [9.17, 15) is 4.79 Å². The number of rotatable bonds is 1. The van der Waals surface area contributed by atoms with Crippen LogP contribution in [-0.4, -0.2) is 12.6 Å². The third-order valence-electron chi connectivity index (χ3n) is 3.00. The van der Waals surface area contributed by atoms with Crippen LogP contribution in [0.15, 0.2) is 60.7 Å². The van der Waals surface area contributed by atoms with E-state index in [0.29, 0.717) is 6.61 Å². The minimum absolute atomic E-state index is 0.211. The smallest absolute Gasteiger partial charge is 0.302 e. The molecule has 0 heterocycles. The minimum atomic E-state index is -0.211. The summed E-state index contributed by atoms with van der Waals surface area (Å²) in [6.07, 6.45) is 0. The number of esters is 1. The summed E-state index contributed by atoms with van der Waals surface area (Å²) in [6.45, 7) is 3.65. The van der Waals surface area contributed by atoms with Crippen molar-refractivity contribution in [3.63, 3.8) is 0 Å². The molecule has 0 spiro atoms. The average Bonchev–Trinajstić information content (AvgIpc) is 2.48. The monoisotopic (exact) mass is 266 g/mol. The predicted octanol–water partition coefficient (Wildman–Crippen LogP) is 4.56. The Hall–Kier alpha value is -2.35. The van der Waals surface area contributed by atoms with Gasteiger partial charge in [0.2, 0.25) is 0 Å². The Morgan fingerprint density at radius 3 is 1.65 bits per heavy atom. The van der Waals surface area contributed by atoms with Crippen LogP contribution >= 0.6 is 0 Å². The van der Waals surface area contributed by atoms with Crippen LogP contribution in [0.3, 0.4) is 0 Å². The van der Waals surface area contributed by atoms with E-state index in [-0.39, 0.29) is 5.97 Å². The lowest BCUT2D eigenvalue weighted by molar-refractivity contribution is -0.140. The third-order valence-corrected chi connectivity index (χ3v) is 3.00. The first-order chi connectivity index (χ1) is 9.72. The fourth-order valence-corrected chi connectivity index (χ4v) is 2.16. The van der Waals surface area contributed by atoms with E-state index in [1.165, 1.54) is 28.5 Å². The highest BCUT2D eigenvalue weighted by molar-refractivity contribution is 6.07. The molecule has 3 rings (SSSR count). The van der Waals surface area contributed by atoms with Gasteiger partial charge in [-0.2, -0.15) is 0 Å². The summed E-state index contributed by atoms with van der Waals surface area (Å²) in [5, 5.41) is 5.30. The van der Waals surface area contributed by atoms with E-state index in [2.05, 4.69) is 65.4 Å². The van der Waals surface area contributed by atoms with Gasteiger partial charge in [-0.15, -0.1) is 0 Å². The summed E-state index contributed by atoms with van der Waals surface area (Å²) in [5.74, 6) is -0.211. The van der Waals surface area contributed by atoms with Gasteiger partial charge in [0.25, 0.3) is 0 Å². The maximum absolute atomic E-state index is 9.82. The van der Waals surface area contributed by atoms with E-state index < -0.39 is 0 Å². The topological polar surface area (TPSA) is 26.3 Å². The fourth-order valence-electron chi connectivity index (χ4n) is 2.16. The zero-order valence-electron chi connectivity index (χ0n) is 11.8. The van der Waals surface area contributed by atoms with E-state index >= 15 is 0 Å². The molecule has 0 aromatic heterocycles. The van der Waals surface area contributed by atoms with Gasteiger partial charge in [0.15, 0.2) is 0 Å². The normalized spacial score (nSPS) is 9.90. The zero-order valence-corrected chi connectivity index (χ0v) is 11.8. The van der Waals surface area contributed by atoms with Gasteiger partial charge >= 0.3 is 5.97 Å². The van der Waals surface area contributed by atoms with E-state index in [1.54, 1.807) is 6.92 Å². The van der Waals surface area contributed by atoms with Crippen molar-refractivity contribution in [3.05, 3.63) is 60.7 Å². The molecule has 0 atom stereocenters. The zero-order chi connectivity index (χ0) is 14.4. The quantitative estimate of drug-likeness (QED) is 0.476. The summed E-state index contributed by atoms with van der Waals surface area (Å²) >= 11 is 0. The molecule has 0 fully saturated rings. The van der Waals surface area contributed by atoms with Crippen molar-refractivity contribution >= 4 is 27.5 Å². The Bertz CT molecular complexity index is 662. The van der Waals surface area contributed by atoms with E-state index in [0.717, 1.165) is 0 Å². The molecule has 2 nitrogen and oxygen atoms in total. The predicted molar refractivity (Wildman–Crippen MR) is 83.8 cm³/mol. The highest BCUT2D eigenvalue weighted by atomic mass is 16.5. The average molecular weight is 266 g/mol. The lowest BCUT2D eigenvalue weighted by Gasteiger charge is -2.02. The number of ether oxygens (including phenoxy) is 1. The van der Waals surface area contributed by atoms with Crippen molar-refractivity contribution in [1.29, 1.82) is 0 Å². The molecule has 0 N–H and O–H groups in total. The van der Waals surface area contributed by atoms with Gasteiger partial charge < -0.3 is 4.74 Å². The van der Waals surface area contributed by atoms with Gasteiger partial charge in [0.05, 0.1) is 6.61 Å². The summed E-state index contributed by atoms with van der Waals surface area (Å²) in [7, 11) is 0. The Morgan fingerprint density at radius 1 is 0.850 bits per heavy atom. The summed E-state index contributed by atoms with van der Waals surface area (Å²) < 4.78 is 4.40. The van der Waals surface area contributed by atoms with Crippen molar-refractivity contribution in [2.75, 3.05) is 6.61 Å². The van der Waals surface area contributed by atoms with Crippen LogP contribution in [-0.2, 0) is 9.53 Å². The van der Waals surface area contributed by atoms with Gasteiger partial charge in [0, 0.05) is 6.92 Å². The Kier molecular flexibility index (Phi) is 4.72. The molecule has 102 valence electrons. The third kappa shape index (κ3) is 3.35. The van der Waals surface area contributed by atoms with Gasteiger partial charge in [-0.3, -0.25) is 4.79 Å². The summed E-state index contributed by atoms with van der Waals surface area (Å²) in [4.78, 5) is 9.82. The van der Waals surface area contributed by atoms with E-state index in [4.69, 9.17) is 0 Å². The van der Waals surface area contributed by atoms with E-state index in [1.807, 2.05) is 0 Å². The number of hydrogen-bond acceptors (Lipinski definition) is 2. The number of fused-ring (bicyclic) bond motifs is 3. The van der Waals surface area contributed by atoms with Crippen LogP contribution in [0.1, 0.15) is 13.8 Å². The van der Waals surface area contributed by atoms with Crippen LogP contribution in [0.2, 0.25) is 0 Å². The van der Waals surface area contributed by atoms with Crippen molar-refractivity contribution in [1.82, 2.24) is 0 Å². The largest absolute Gasteiger partial charge is 0.466 e. The molecule has 0 bridgehead atoms. The first kappa shape index (κ1) is 14.1.